The van der Waals surface area contributed by atoms with Crippen molar-refractivity contribution in [3.05, 3.63) is 59.0 Å². The highest BCUT2D eigenvalue weighted by Gasteiger charge is 2.36. The number of aryl methyl sites for hydroxylation is 1. The maximum atomic E-state index is 13.6. The Morgan fingerprint density at radius 2 is 1.72 bits per heavy atom. The van der Waals surface area contributed by atoms with Crippen molar-refractivity contribution in [2.75, 3.05) is 57.7 Å². The van der Waals surface area contributed by atoms with Gasteiger partial charge in [-0.15, -0.1) is 0 Å². The van der Waals surface area contributed by atoms with Crippen molar-refractivity contribution in [3.8, 4) is 23.1 Å². The molecule has 4 aliphatic rings. The first-order chi connectivity index (χ1) is 26.1. The lowest BCUT2D eigenvalue weighted by Crippen LogP contribution is -2.51. The molecule has 0 saturated carbocycles. The highest BCUT2D eigenvalue weighted by atomic mass is 35.5. The van der Waals surface area contributed by atoms with Crippen molar-refractivity contribution in [2.24, 2.45) is 13.0 Å². The van der Waals surface area contributed by atoms with Gasteiger partial charge in [0.15, 0.2) is 0 Å². The Labute approximate surface area is 322 Å². The number of ether oxygens (including phenoxy) is 1. The molecule has 0 spiro atoms. The smallest absolute Gasteiger partial charge is 0.281 e. The van der Waals surface area contributed by atoms with Gasteiger partial charge in [-0.1, -0.05) is 35.6 Å². The topological polar surface area (TPSA) is 155 Å². The van der Waals surface area contributed by atoms with Crippen LogP contribution >= 0.6 is 11.6 Å². The second kappa shape index (κ2) is 17.3. The number of anilines is 1. The summed E-state index contributed by atoms with van der Waals surface area (Å²) >= 11 is 6.36. The van der Waals surface area contributed by atoms with Crippen LogP contribution in [-0.4, -0.2) is 118 Å². The van der Waals surface area contributed by atoms with Crippen LogP contribution in [0.25, 0.3) is 11.3 Å². The summed E-state index contributed by atoms with van der Waals surface area (Å²) in [6.07, 6.45) is 11.1. The standard InChI is InChI=1S/C38H48ClN9O5S/c1-45-26-30(23-41-45)36-34(39)24-40-38(44-36)42-31-11-19-48(20-12-31)54(51,52)47-17-9-28(10-18-47)25-46-15-13-32(14-16-46)53-21-3-5-27-4-2-6-29(22-27)33-7-8-35(49)43-37(33)50/h2,4,6,22-24,26,28,31-33H,7-21,25H2,1H3,(H,40,42,44)(H,43,49,50). The average molecular weight is 778 g/mol. The largest absolute Gasteiger partial charge is 0.365 e. The van der Waals surface area contributed by atoms with E-state index in [2.05, 4.69) is 42.4 Å². The normalized spacial score (nSPS) is 21.8. The van der Waals surface area contributed by atoms with Crippen LogP contribution < -0.4 is 10.6 Å². The summed E-state index contributed by atoms with van der Waals surface area (Å²) in [6.45, 7) is 5.24. The van der Waals surface area contributed by atoms with Gasteiger partial charge < -0.3 is 15.0 Å². The summed E-state index contributed by atoms with van der Waals surface area (Å²) in [5.74, 6) is 6.44. The first-order valence-corrected chi connectivity index (χ1v) is 20.7. The lowest BCUT2D eigenvalue weighted by Gasteiger charge is -2.39. The molecule has 4 saturated heterocycles. The van der Waals surface area contributed by atoms with Gasteiger partial charge >= 0.3 is 0 Å². The molecule has 0 bridgehead atoms. The number of benzene rings is 1. The van der Waals surface area contributed by atoms with E-state index in [9.17, 15) is 18.0 Å². The number of nitrogens with zero attached hydrogens (tertiary/aromatic N) is 7. The van der Waals surface area contributed by atoms with Crippen LogP contribution in [0.4, 0.5) is 5.95 Å². The van der Waals surface area contributed by atoms with Crippen LogP contribution in [0.1, 0.15) is 68.4 Å². The van der Waals surface area contributed by atoms with Gasteiger partial charge in [-0.25, -0.2) is 9.97 Å². The number of amides is 2. The highest BCUT2D eigenvalue weighted by Crippen LogP contribution is 2.29. The molecule has 7 rings (SSSR count). The molecule has 288 valence electrons. The lowest BCUT2D eigenvalue weighted by molar-refractivity contribution is -0.134. The maximum absolute atomic E-state index is 13.6. The van der Waals surface area contributed by atoms with Gasteiger partial charge in [-0.2, -0.15) is 22.1 Å². The first kappa shape index (κ1) is 38.4. The van der Waals surface area contributed by atoms with Crippen LogP contribution in [0.3, 0.4) is 0 Å². The van der Waals surface area contributed by atoms with E-state index in [1.165, 1.54) is 0 Å². The Bertz CT molecular complexity index is 1980. The van der Waals surface area contributed by atoms with E-state index in [1.54, 1.807) is 25.7 Å². The molecule has 16 heteroatoms. The molecule has 3 aromatic rings. The van der Waals surface area contributed by atoms with Gasteiger partial charge in [-0.05, 0) is 68.6 Å². The number of nitrogens with one attached hydrogen (secondary N) is 2. The molecule has 2 amide bonds. The Morgan fingerprint density at radius 3 is 2.43 bits per heavy atom. The van der Waals surface area contributed by atoms with Gasteiger partial charge in [0.25, 0.3) is 10.2 Å². The fourth-order valence-electron chi connectivity index (χ4n) is 7.85. The Morgan fingerprint density at radius 1 is 0.981 bits per heavy atom. The molecule has 1 atom stereocenters. The molecule has 4 aliphatic heterocycles. The molecule has 2 aromatic heterocycles. The highest BCUT2D eigenvalue weighted by molar-refractivity contribution is 7.86. The van der Waals surface area contributed by atoms with Crippen molar-refractivity contribution >= 4 is 39.6 Å². The molecule has 6 heterocycles. The van der Waals surface area contributed by atoms with E-state index >= 15 is 0 Å². The fraction of sp³-hybridized carbons (Fsp3) is 0.553. The van der Waals surface area contributed by atoms with Crippen molar-refractivity contribution in [1.82, 2.24) is 38.6 Å². The van der Waals surface area contributed by atoms with Gasteiger partial charge in [0.05, 0.1) is 35.1 Å². The molecule has 2 N–H and O–H groups in total. The lowest BCUT2D eigenvalue weighted by atomic mass is 9.90. The number of hydrogen-bond acceptors (Lipinski definition) is 10. The summed E-state index contributed by atoms with van der Waals surface area (Å²) in [5.41, 5.74) is 3.12. The van der Waals surface area contributed by atoms with E-state index < -0.39 is 10.2 Å². The third-order valence-corrected chi connectivity index (χ3v) is 13.3. The van der Waals surface area contributed by atoms with Crippen molar-refractivity contribution in [2.45, 2.75) is 69.4 Å². The second-order valence-corrected chi connectivity index (χ2v) is 17.0. The molecule has 0 aliphatic carbocycles. The zero-order chi connectivity index (χ0) is 37.7. The van der Waals surface area contributed by atoms with Crippen molar-refractivity contribution in [1.29, 1.82) is 0 Å². The zero-order valence-electron chi connectivity index (χ0n) is 30.6. The third-order valence-electron chi connectivity index (χ3n) is 10.9. The SMILES string of the molecule is Cn1cc(-c2nc(NC3CCN(S(=O)(=O)N4CCC(CN5CCC(OCC#Cc6cccc(C7CCC(=O)NC7=O)c6)CC5)CC4)CC3)ncc2Cl)cn1. The predicted molar refractivity (Wildman–Crippen MR) is 205 cm³/mol. The first-order valence-electron chi connectivity index (χ1n) is 18.9. The van der Waals surface area contributed by atoms with E-state index in [1.807, 2.05) is 37.5 Å². The quantitative estimate of drug-likeness (QED) is 0.231. The van der Waals surface area contributed by atoms with E-state index in [4.69, 9.17) is 16.3 Å². The predicted octanol–water partition coefficient (Wildman–Crippen LogP) is 3.42. The maximum Gasteiger partial charge on any atom is 0.281 e. The summed E-state index contributed by atoms with van der Waals surface area (Å²) < 4.78 is 38.3. The molecule has 1 aromatic carbocycles. The number of aromatic nitrogens is 4. The van der Waals surface area contributed by atoms with Crippen molar-refractivity contribution in [3.63, 3.8) is 0 Å². The van der Waals surface area contributed by atoms with Gasteiger partial charge in [0.1, 0.15) is 6.61 Å². The minimum atomic E-state index is -3.52. The molecular formula is C38H48ClN9O5S. The van der Waals surface area contributed by atoms with Crippen LogP contribution in [0.5, 0.6) is 0 Å². The Hall–Kier alpha value is -3.91. The third kappa shape index (κ3) is 9.47. The number of rotatable bonds is 10. The monoisotopic (exact) mass is 777 g/mol. The minimum Gasteiger partial charge on any atom is -0.365 e. The van der Waals surface area contributed by atoms with Gasteiger partial charge in [0.2, 0.25) is 17.8 Å². The van der Waals surface area contributed by atoms with Crippen molar-refractivity contribution < 1.29 is 22.7 Å². The number of likely N-dealkylation sites (tertiary alicyclic amines) is 1. The van der Waals surface area contributed by atoms with Crippen LogP contribution in [0, 0.1) is 17.8 Å². The molecule has 1 unspecified atom stereocenters. The van der Waals surface area contributed by atoms with Gasteiger partial charge in [-0.3, -0.25) is 19.6 Å². The number of piperidine rings is 4. The summed E-state index contributed by atoms with van der Waals surface area (Å²) in [5, 5.41) is 10.4. The number of imide groups is 1. The van der Waals surface area contributed by atoms with Crippen LogP contribution in [-0.2, 0) is 31.6 Å². The van der Waals surface area contributed by atoms with E-state index in [0.29, 0.717) is 81.1 Å². The van der Waals surface area contributed by atoms with Gasteiger partial charge in [0, 0.05) is 82.6 Å². The summed E-state index contributed by atoms with van der Waals surface area (Å²) in [7, 11) is -1.68. The summed E-state index contributed by atoms with van der Waals surface area (Å²) in [6, 6.07) is 7.70. The number of carbonyl (C=O) groups excluding carboxylic acids is 2. The number of carbonyl (C=O) groups is 2. The Balaban J connectivity index is 0.795. The zero-order valence-corrected chi connectivity index (χ0v) is 32.2. The Kier molecular flexibility index (Phi) is 12.3. The molecule has 14 nitrogen and oxygen atoms in total. The minimum absolute atomic E-state index is 0.0592. The number of halogens is 1. The molecular weight excluding hydrogens is 730 g/mol. The average Bonchev–Trinajstić information content (AvgIpc) is 3.61. The van der Waals surface area contributed by atoms with Crippen LogP contribution in [0.15, 0.2) is 42.9 Å². The number of hydrogen-bond donors (Lipinski definition) is 2. The molecule has 54 heavy (non-hydrogen) atoms. The fourth-order valence-corrected chi connectivity index (χ4v) is 9.72. The molecule has 4 fully saturated rings. The van der Waals surface area contributed by atoms with Crippen LogP contribution in [0.2, 0.25) is 5.02 Å². The molecule has 0 radical (unpaired) electrons. The van der Waals surface area contributed by atoms with E-state index in [-0.39, 0.29) is 29.9 Å². The second-order valence-electron chi connectivity index (χ2n) is 14.7. The van der Waals surface area contributed by atoms with E-state index in [0.717, 1.165) is 62.0 Å². The summed E-state index contributed by atoms with van der Waals surface area (Å²) in [4.78, 5) is 35.2.